The molecule has 3 N–H and O–H groups in total. The molecule has 1 saturated carbocycles. The first-order valence-corrected chi connectivity index (χ1v) is 6.94. The summed E-state index contributed by atoms with van der Waals surface area (Å²) >= 11 is 0. The predicted octanol–water partition coefficient (Wildman–Crippen LogP) is 2.60. The van der Waals surface area contributed by atoms with Crippen molar-refractivity contribution in [1.29, 1.82) is 0 Å². The number of carbonyl (C=O) groups is 1. The quantitative estimate of drug-likeness (QED) is 0.883. The molecule has 20 heavy (non-hydrogen) atoms. The van der Waals surface area contributed by atoms with Crippen molar-refractivity contribution in [2.75, 3.05) is 0 Å². The predicted molar refractivity (Wildman–Crippen MR) is 78.6 cm³/mol. The molecule has 106 valence electrons. The zero-order valence-electron chi connectivity index (χ0n) is 12.1. The number of carbonyl (C=O) groups excluding carboxylic acids is 1. The molecule has 0 radical (unpaired) electrons. The first kappa shape index (κ1) is 13.2. The van der Waals surface area contributed by atoms with Crippen LogP contribution in [0, 0.1) is 12.3 Å². The van der Waals surface area contributed by atoms with E-state index in [1.165, 1.54) is 0 Å². The van der Waals surface area contributed by atoms with Crippen LogP contribution in [0.15, 0.2) is 28.7 Å². The maximum Gasteiger partial charge on any atom is 0.287 e. The van der Waals surface area contributed by atoms with Gasteiger partial charge in [-0.3, -0.25) is 4.79 Å². The van der Waals surface area contributed by atoms with Crippen LogP contribution < -0.4 is 11.1 Å². The highest BCUT2D eigenvalue weighted by atomic mass is 16.3. The average Bonchev–Trinajstić information content (AvgIpc) is 2.81. The number of rotatable bonds is 2. The Morgan fingerprint density at radius 1 is 1.40 bits per heavy atom. The van der Waals surface area contributed by atoms with Crippen LogP contribution in [0.3, 0.4) is 0 Å². The summed E-state index contributed by atoms with van der Waals surface area (Å²) in [4.78, 5) is 12.3. The van der Waals surface area contributed by atoms with Gasteiger partial charge in [0, 0.05) is 22.9 Å². The number of hydrogen-bond acceptors (Lipinski definition) is 3. The second-order valence-corrected chi connectivity index (χ2v) is 6.34. The number of benzene rings is 1. The minimum Gasteiger partial charge on any atom is -0.451 e. The Kier molecular flexibility index (Phi) is 2.87. The summed E-state index contributed by atoms with van der Waals surface area (Å²) in [6, 6.07) is 7.93. The van der Waals surface area contributed by atoms with Crippen molar-refractivity contribution in [3.8, 4) is 0 Å². The molecule has 4 heteroatoms. The van der Waals surface area contributed by atoms with E-state index in [1.807, 2.05) is 25.1 Å². The lowest BCUT2D eigenvalue weighted by molar-refractivity contribution is 0.0570. The van der Waals surface area contributed by atoms with Crippen LogP contribution in [0.25, 0.3) is 11.0 Å². The molecule has 2 atom stereocenters. The van der Waals surface area contributed by atoms with E-state index < -0.39 is 0 Å². The molecule has 1 aliphatic carbocycles. The molecule has 0 spiro atoms. The third kappa shape index (κ3) is 2.00. The van der Waals surface area contributed by atoms with Gasteiger partial charge in [-0.15, -0.1) is 0 Å². The lowest BCUT2D eigenvalue weighted by atomic mass is 9.63. The van der Waals surface area contributed by atoms with Crippen molar-refractivity contribution in [3.63, 3.8) is 0 Å². The largest absolute Gasteiger partial charge is 0.451 e. The molecular weight excluding hydrogens is 252 g/mol. The van der Waals surface area contributed by atoms with Crippen LogP contribution in [0.1, 0.15) is 36.4 Å². The number of furan rings is 1. The van der Waals surface area contributed by atoms with Gasteiger partial charge in [-0.1, -0.05) is 25.5 Å². The number of fused-ring (bicyclic) bond motifs is 1. The van der Waals surface area contributed by atoms with E-state index in [-0.39, 0.29) is 23.4 Å². The summed E-state index contributed by atoms with van der Waals surface area (Å²) in [5, 5.41) is 3.97. The summed E-state index contributed by atoms with van der Waals surface area (Å²) in [6.45, 7) is 6.17. The Hall–Kier alpha value is -1.81. The summed E-state index contributed by atoms with van der Waals surface area (Å²) in [5.74, 6) is 0.200. The van der Waals surface area contributed by atoms with Crippen LogP contribution >= 0.6 is 0 Å². The van der Waals surface area contributed by atoms with Crippen LogP contribution in [0.4, 0.5) is 0 Å². The number of hydrogen-bond donors (Lipinski definition) is 2. The number of aryl methyl sites for hydroxylation is 1. The van der Waals surface area contributed by atoms with Gasteiger partial charge in [-0.25, -0.2) is 0 Å². The van der Waals surface area contributed by atoms with Crippen molar-refractivity contribution in [2.45, 2.75) is 39.3 Å². The van der Waals surface area contributed by atoms with E-state index in [4.69, 9.17) is 10.2 Å². The Labute approximate surface area is 118 Å². The zero-order chi connectivity index (χ0) is 14.5. The van der Waals surface area contributed by atoms with Gasteiger partial charge in [0.05, 0.1) is 0 Å². The van der Waals surface area contributed by atoms with E-state index in [1.54, 1.807) is 6.07 Å². The Bertz CT molecular complexity index is 672. The Morgan fingerprint density at radius 3 is 2.80 bits per heavy atom. The Morgan fingerprint density at radius 2 is 2.15 bits per heavy atom. The van der Waals surface area contributed by atoms with Crippen LogP contribution in [0.5, 0.6) is 0 Å². The summed E-state index contributed by atoms with van der Waals surface area (Å²) < 4.78 is 5.61. The lowest BCUT2D eigenvalue weighted by Crippen LogP contribution is -2.64. The smallest absolute Gasteiger partial charge is 0.287 e. The SMILES string of the molecule is Cc1ccc2oc(C(=O)NC3CC(N)C3(C)C)cc2c1. The first-order chi connectivity index (χ1) is 9.38. The van der Waals surface area contributed by atoms with E-state index in [0.717, 1.165) is 23.0 Å². The molecule has 3 rings (SSSR count). The fourth-order valence-electron chi connectivity index (χ4n) is 2.71. The molecule has 1 aliphatic rings. The van der Waals surface area contributed by atoms with E-state index >= 15 is 0 Å². The van der Waals surface area contributed by atoms with Gasteiger partial charge in [-0.05, 0) is 31.5 Å². The van der Waals surface area contributed by atoms with E-state index in [9.17, 15) is 4.79 Å². The van der Waals surface area contributed by atoms with Gasteiger partial charge < -0.3 is 15.5 Å². The molecule has 1 heterocycles. The van der Waals surface area contributed by atoms with E-state index in [2.05, 4.69) is 19.2 Å². The maximum absolute atomic E-state index is 12.3. The lowest BCUT2D eigenvalue weighted by Gasteiger charge is -2.50. The van der Waals surface area contributed by atoms with Crippen molar-refractivity contribution in [2.24, 2.45) is 11.1 Å². The van der Waals surface area contributed by atoms with Crippen molar-refractivity contribution < 1.29 is 9.21 Å². The minimum atomic E-state index is -0.163. The van der Waals surface area contributed by atoms with Crippen LogP contribution in [-0.4, -0.2) is 18.0 Å². The van der Waals surface area contributed by atoms with Crippen molar-refractivity contribution in [1.82, 2.24) is 5.32 Å². The summed E-state index contributed by atoms with van der Waals surface area (Å²) in [6.07, 6.45) is 0.818. The third-order valence-electron chi connectivity index (χ3n) is 4.54. The molecule has 0 bridgehead atoms. The summed E-state index contributed by atoms with van der Waals surface area (Å²) in [7, 11) is 0. The average molecular weight is 272 g/mol. The molecule has 1 aromatic heterocycles. The van der Waals surface area contributed by atoms with Crippen LogP contribution in [-0.2, 0) is 0 Å². The van der Waals surface area contributed by atoms with Crippen LogP contribution in [0.2, 0.25) is 0 Å². The number of nitrogens with one attached hydrogen (secondary N) is 1. The third-order valence-corrected chi connectivity index (χ3v) is 4.54. The monoisotopic (exact) mass is 272 g/mol. The molecular formula is C16H20N2O2. The summed E-state index contributed by atoms with van der Waals surface area (Å²) in [5.41, 5.74) is 7.80. The fraction of sp³-hybridized carbons (Fsp3) is 0.438. The number of amides is 1. The molecule has 1 aromatic carbocycles. The second kappa shape index (κ2) is 4.35. The molecule has 4 nitrogen and oxygen atoms in total. The van der Waals surface area contributed by atoms with Crippen molar-refractivity contribution in [3.05, 3.63) is 35.6 Å². The standard InChI is InChI=1S/C16H20N2O2/c1-9-4-5-11-10(6-9)7-12(20-11)15(19)18-14-8-13(17)16(14,2)3/h4-7,13-14H,8,17H2,1-3H3,(H,18,19). The van der Waals surface area contributed by atoms with Gasteiger partial charge >= 0.3 is 0 Å². The highest BCUT2D eigenvalue weighted by Crippen LogP contribution is 2.39. The minimum absolute atomic E-state index is 0.0573. The zero-order valence-corrected chi connectivity index (χ0v) is 12.1. The van der Waals surface area contributed by atoms with E-state index in [0.29, 0.717) is 5.76 Å². The first-order valence-electron chi connectivity index (χ1n) is 6.94. The second-order valence-electron chi connectivity index (χ2n) is 6.34. The molecule has 1 amide bonds. The number of nitrogens with two attached hydrogens (primary N) is 1. The van der Waals surface area contributed by atoms with Gasteiger partial charge in [0.1, 0.15) is 5.58 Å². The highest BCUT2D eigenvalue weighted by molar-refractivity contribution is 5.96. The molecule has 0 saturated heterocycles. The normalized spacial score (nSPS) is 24.4. The Balaban J connectivity index is 1.79. The molecule has 1 fully saturated rings. The molecule has 0 aliphatic heterocycles. The van der Waals surface area contributed by atoms with Gasteiger partial charge in [0.25, 0.3) is 5.91 Å². The topological polar surface area (TPSA) is 68.3 Å². The maximum atomic E-state index is 12.3. The fourth-order valence-corrected chi connectivity index (χ4v) is 2.71. The van der Waals surface area contributed by atoms with Crippen molar-refractivity contribution >= 4 is 16.9 Å². The molecule has 2 aromatic rings. The highest BCUT2D eigenvalue weighted by Gasteiger charge is 2.46. The van der Waals surface area contributed by atoms with Gasteiger partial charge in [0.15, 0.2) is 5.76 Å². The molecule has 2 unspecified atom stereocenters. The van der Waals surface area contributed by atoms with Gasteiger partial charge in [-0.2, -0.15) is 0 Å². The van der Waals surface area contributed by atoms with Gasteiger partial charge in [0.2, 0.25) is 0 Å².